The molecule has 0 saturated carbocycles. The van der Waals surface area contributed by atoms with Gasteiger partial charge in [-0.1, -0.05) is 104 Å². The van der Waals surface area contributed by atoms with E-state index in [1.807, 2.05) is 0 Å². The highest BCUT2D eigenvalue weighted by Gasteiger charge is 2.06. The molecule has 0 aromatic heterocycles. The van der Waals surface area contributed by atoms with Gasteiger partial charge in [0.25, 0.3) is 0 Å². The molecule has 0 aliphatic carbocycles. The number of aliphatic hydroxyl groups excluding tert-OH is 1. The van der Waals surface area contributed by atoms with Crippen LogP contribution in [0.3, 0.4) is 0 Å². The average molecular weight is 299 g/mol. The molecule has 0 saturated heterocycles. The third-order valence-electron chi connectivity index (χ3n) is 4.69. The second kappa shape index (κ2) is 18.0. The fourth-order valence-corrected chi connectivity index (χ4v) is 3.11. The van der Waals surface area contributed by atoms with Crippen LogP contribution in [0.4, 0.5) is 0 Å². The highest BCUT2D eigenvalue weighted by atomic mass is 16.3. The topological polar surface area (TPSA) is 20.2 Å². The van der Waals surface area contributed by atoms with Crippen LogP contribution >= 0.6 is 0 Å². The smallest absolute Gasteiger partial charge is 0.0459 e. The Labute approximate surface area is 134 Å². The fraction of sp³-hybridized carbons (Fsp3) is 1.00. The molecule has 0 aliphatic heterocycles. The van der Waals surface area contributed by atoms with Crippen molar-refractivity contribution in [3.63, 3.8) is 0 Å². The van der Waals surface area contributed by atoms with Crippen molar-refractivity contribution in [2.45, 2.75) is 117 Å². The third kappa shape index (κ3) is 16.2. The van der Waals surface area contributed by atoms with Crippen LogP contribution in [0.25, 0.3) is 0 Å². The summed E-state index contributed by atoms with van der Waals surface area (Å²) in [5.41, 5.74) is 0. The Kier molecular flexibility index (Phi) is 18.0. The van der Waals surface area contributed by atoms with Crippen molar-refractivity contribution < 1.29 is 5.11 Å². The maximum Gasteiger partial charge on any atom is 0.0459 e. The lowest BCUT2D eigenvalue weighted by molar-refractivity contribution is 0.204. The lowest BCUT2D eigenvalue weighted by Crippen LogP contribution is -2.06. The van der Waals surface area contributed by atoms with Gasteiger partial charge in [-0.05, 0) is 18.8 Å². The predicted octanol–water partition coefficient (Wildman–Crippen LogP) is 6.88. The molecule has 0 aliphatic rings. The van der Waals surface area contributed by atoms with Gasteiger partial charge in [-0.3, -0.25) is 0 Å². The molecule has 0 bridgehead atoms. The first-order valence-corrected chi connectivity index (χ1v) is 9.96. The Balaban J connectivity index is 3.28. The number of unbranched alkanes of at least 4 members (excludes halogenated alkanes) is 12. The van der Waals surface area contributed by atoms with E-state index < -0.39 is 0 Å². The molecule has 0 amide bonds. The Morgan fingerprint density at radius 1 is 0.524 bits per heavy atom. The lowest BCUT2D eigenvalue weighted by Gasteiger charge is -2.13. The van der Waals surface area contributed by atoms with Crippen molar-refractivity contribution in [3.8, 4) is 0 Å². The summed E-state index contributed by atoms with van der Waals surface area (Å²) in [6.45, 7) is 4.95. The predicted molar refractivity (Wildman–Crippen MR) is 95.8 cm³/mol. The number of hydrogen-bond acceptors (Lipinski definition) is 1. The van der Waals surface area contributed by atoms with Crippen molar-refractivity contribution >= 4 is 0 Å². The summed E-state index contributed by atoms with van der Waals surface area (Å²) >= 11 is 0. The largest absolute Gasteiger partial charge is 0.396 e. The van der Waals surface area contributed by atoms with E-state index in [4.69, 9.17) is 0 Å². The van der Waals surface area contributed by atoms with Crippen LogP contribution in [-0.4, -0.2) is 11.7 Å². The molecule has 1 N–H and O–H groups in total. The van der Waals surface area contributed by atoms with Crippen LogP contribution in [0, 0.1) is 5.92 Å². The first-order valence-electron chi connectivity index (χ1n) is 9.96. The minimum Gasteiger partial charge on any atom is -0.396 e. The SMILES string of the molecule is CCCCCCCCCC[C@@H](CO)CCCCCCCC. The number of rotatable bonds is 17. The summed E-state index contributed by atoms with van der Waals surface area (Å²) in [7, 11) is 0. The van der Waals surface area contributed by atoms with Gasteiger partial charge in [0.2, 0.25) is 0 Å². The van der Waals surface area contributed by atoms with E-state index in [0.29, 0.717) is 12.5 Å². The molecule has 0 fully saturated rings. The third-order valence-corrected chi connectivity index (χ3v) is 4.69. The highest BCUT2D eigenvalue weighted by molar-refractivity contribution is 4.59. The van der Waals surface area contributed by atoms with Crippen molar-refractivity contribution in [2.75, 3.05) is 6.61 Å². The normalized spacial score (nSPS) is 12.7. The second-order valence-corrected chi connectivity index (χ2v) is 6.87. The van der Waals surface area contributed by atoms with Gasteiger partial charge in [-0.25, -0.2) is 0 Å². The zero-order chi connectivity index (χ0) is 15.6. The maximum absolute atomic E-state index is 9.47. The highest BCUT2D eigenvalue weighted by Crippen LogP contribution is 2.18. The van der Waals surface area contributed by atoms with Gasteiger partial charge in [0.05, 0.1) is 0 Å². The molecule has 0 radical (unpaired) electrons. The summed E-state index contributed by atoms with van der Waals surface area (Å²) in [5, 5.41) is 9.47. The molecule has 1 atom stereocenters. The van der Waals surface area contributed by atoms with Crippen LogP contribution in [0.1, 0.15) is 117 Å². The zero-order valence-electron chi connectivity index (χ0n) is 15.0. The monoisotopic (exact) mass is 298 g/mol. The quantitative estimate of drug-likeness (QED) is 0.290. The molecule has 128 valence electrons. The van der Waals surface area contributed by atoms with Crippen molar-refractivity contribution in [1.29, 1.82) is 0 Å². The molecule has 0 aromatic carbocycles. The first kappa shape index (κ1) is 21.0. The summed E-state index contributed by atoms with van der Waals surface area (Å²) < 4.78 is 0. The average Bonchev–Trinajstić information content (AvgIpc) is 2.51. The maximum atomic E-state index is 9.47. The number of aliphatic hydroxyl groups is 1. The van der Waals surface area contributed by atoms with Crippen LogP contribution in [0.5, 0.6) is 0 Å². The molecule has 0 rings (SSSR count). The van der Waals surface area contributed by atoms with Crippen LogP contribution in [0.15, 0.2) is 0 Å². The van der Waals surface area contributed by atoms with Gasteiger partial charge >= 0.3 is 0 Å². The van der Waals surface area contributed by atoms with E-state index >= 15 is 0 Å². The standard InChI is InChI=1S/C20H42O/c1-3-5-7-9-11-12-14-16-18-20(19-21)17-15-13-10-8-6-4-2/h20-21H,3-19H2,1-2H3/t20-/m0/s1. The van der Waals surface area contributed by atoms with Gasteiger partial charge in [-0.15, -0.1) is 0 Å². The van der Waals surface area contributed by atoms with Gasteiger partial charge in [0.15, 0.2) is 0 Å². The minimum absolute atomic E-state index is 0.408. The van der Waals surface area contributed by atoms with E-state index in [9.17, 15) is 5.11 Å². The summed E-state index contributed by atoms with van der Waals surface area (Å²) in [6.07, 6.45) is 21.8. The minimum atomic E-state index is 0.408. The van der Waals surface area contributed by atoms with E-state index in [1.54, 1.807) is 0 Å². The summed E-state index contributed by atoms with van der Waals surface area (Å²) in [4.78, 5) is 0. The molecule has 0 spiro atoms. The van der Waals surface area contributed by atoms with E-state index in [0.717, 1.165) is 0 Å². The molecule has 0 unspecified atom stereocenters. The van der Waals surface area contributed by atoms with E-state index in [2.05, 4.69) is 13.8 Å². The zero-order valence-corrected chi connectivity index (χ0v) is 15.0. The van der Waals surface area contributed by atoms with Crippen molar-refractivity contribution in [2.24, 2.45) is 5.92 Å². The van der Waals surface area contributed by atoms with Gasteiger partial charge in [0, 0.05) is 6.61 Å². The summed E-state index contributed by atoms with van der Waals surface area (Å²) in [6, 6.07) is 0. The Morgan fingerprint density at radius 2 is 0.857 bits per heavy atom. The molecule has 0 heterocycles. The Morgan fingerprint density at radius 3 is 1.19 bits per heavy atom. The van der Waals surface area contributed by atoms with Crippen LogP contribution in [0.2, 0.25) is 0 Å². The molecule has 1 nitrogen and oxygen atoms in total. The van der Waals surface area contributed by atoms with Crippen LogP contribution in [-0.2, 0) is 0 Å². The molecule has 0 aromatic rings. The Hall–Kier alpha value is -0.0400. The lowest BCUT2D eigenvalue weighted by atomic mass is 9.95. The molecular weight excluding hydrogens is 256 g/mol. The van der Waals surface area contributed by atoms with Gasteiger partial charge < -0.3 is 5.11 Å². The second-order valence-electron chi connectivity index (χ2n) is 6.87. The van der Waals surface area contributed by atoms with Gasteiger partial charge in [-0.2, -0.15) is 0 Å². The molecule has 21 heavy (non-hydrogen) atoms. The van der Waals surface area contributed by atoms with Crippen molar-refractivity contribution in [3.05, 3.63) is 0 Å². The number of hydrogen-bond donors (Lipinski definition) is 1. The Bertz CT molecular complexity index is 179. The fourth-order valence-electron chi connectivity index (χ4n) is 3.11. The first-order chi connectivity index (χ1) is 10.3. The van der Waals surface area contributed by atoms with E-state index in [-0.39, 0.29) is 0 Å². The van der Waals surface area contributed by atoms with Gasteiger partial charge in [0.1, 0.15) is 0 Å². The van der Waals surface area contributed by atoms with E-state index in [1.165, 1.54) is 103 Å². The summed E-state index contributed by atoms with van der Waals surface area (Å²) in [5.74, 6) is 0.580. The molecule has 1 heteroatoms. The van der Waals surface area contributed by atoms with Crippen LogP contribution < -0.4 is 0 Å². The molecular formula is C20H42O. The van der Waals surface area contributed by atoms with Crippen molar-refractivity contribution in [1.82, 2.24) is 0 Å².